The van der Waals surface area contributed by atoms with Crippen molar-refractivity contribution in [3.8, 4) is 11.4 Å². The van der Waals surface area contributed by atoms with Crippen molar-refractivity contribution >= 4 is 29.0 Å². The molecule has 214 valence electrons. The number of likely N-dealkylation sites (tertiary alicyclic amines) is 2. The third-order valence-electron chi connectivity index (χ3n) is 7.28. The Bertz CT molecular complexity index is 1340. The van der Waals surface area contributed by atoms with Crippen LogP contribution in [-0.2, 0) is 9.53 Å². The lowest BCUT2D eigenvalue weighted by atomic mass is 10.1. The molecule has 0 saturated carbocycles. The first-order chi connectivity index (χ1) is 19.3. The number of ether oxygens (including phenoxy) is 1. The van der Waals surface area contributed by atoms with Gasteiger partial charge in [0.05, 0.1) is 24.6 Å². The molecule has 2 aliphatic heterocycles. The molecule has 13 heteroatoms. The fraction of sp³-hybridized carbons (Fsp3) is 0.556. The average molecular weight is 551 g/mol. The van der Waals surface area contributed by atoms with E-state index in [1.807, 2.05) is 29.6 Å². The van der Waals surface area contributed by atoms with Crippen LogP contribution in [0.15, 0.2) is 30.9 Å². The molecule has 0 radical (unpaired) electrons. The second-order valence-electron chi connectivity index (χ2n) is 10.9. The zero-order valence-corrected chi connectivity index (χ0v) is 23.6. The molecule has 0 aliphatic carbocycles. The highest BCUT2D eigenvalue weighted by atomic mass is 16.6. The van der Waals surface area contributed by atoms with E-state index in [9.17, 15) is 9.59 Å². The number of rotatable bonds is 8. The SMILES string of the molecule is CC(C)n1cnc2c(NC3CCN(C(=O)O[C@@H]4CCN(C(=O)/C=C/CN(C)C)C4)CC3)nc(-c3cn[nH]c3)nc21. The Morgan fingerprint density at radius 3 is 2.65 bits per heavy atom. The number of aromatic nitrogens is 6. The first kappa shape index (κ1) is 27.6. The van der Waals surface area contributed by atoms with Crippen LogP contribution in [0, 0.1) is 0 Å². The number of aromatic amines is 1. The van der Waals surface area contributed by atoms with E-state index in [0.717, 1.165) is 29.6 Å². The number of hydrogen-bond acceptors (Lipinski definition) is 9. The molecule has 5 heterocycles. The summed E-state index contributed by atoms with van der Waals surface area (Å²) < 4.78 is 7.80. The number of fused-ring (bicyclic) bond motifs is 1. The molecule has 2 saturated heterocycles. The highest BCUT2D eigenvalue weighted by Crippen LogP contribution is 2.27. The van der Waals surface area contributed by atoms with Crippen molar-refractivity contribution in [1.29, 1.82) is 0 Å². The van der Waals surface area contributed by atoms with Gasteiger partial charge in [-0.3, -0.25) is 9.89 Å². The van der Waals surface area contributed by atoms with E-state index in [0.29, 0.717) is 50.8 Å². The number of imidazole rings is 1. The monoisotopic (exact) mass is 550 g/mol. The van der Waals surface area contributed by atoms with E-state index in [1.165, 1.54) is 0 Å². The molecule has 0 bridgehead atoms. The number of likely N-dealkylation sites (N-methyl/N-ethyl adjacent to an activating group) is 1. The molecule has 0 unspecified atom stereocenters. The molecule has 13 nitrogen and oxygen atoms in total. The van der Waals surface area contributed by atoms with Crippen LogP contribution in [0.2, 0.25) is 0 Å². The third kappa shape index (κ3) is 6.24. The first-order valence-electron chi connectivity index (χ1n) is 13.8. The van der Waals surface area contributed by atoms with Gasteiger partial charge in [0, 0.05) is 57.0 Å². The Labute approximate surface area is 233 Å². The van der Waals surface area contributed by atoms with Gasteiger partial charge in [0.25, 0.3) is 0 Å². The molecule has 0 spiro atoms. The normalized spacial score (nSPS) is 18.5. The van der Waals surface area contributed by atoms with Crippen molar-refractivity contribution in [3.63, 3.8) is 0 Å². The van der Waals surface area contributed by atoms with Crippen molar-refractivity contribution in [3.05, 3.63) is 30.9 Å². The summed E-state index contributed by atoms with van der Waals surface area (Å²) in [6.07, 6.45) is 10.3. The number of nitrogens with zero attached hydrogens (tertiary/aromatic N) is 8. The van der Waals surface area contributed by atoms with E-state index in [2.05, 4.69) is 34.3 Å². The van der Waals surface area contributed by atoms with E-state index >= 15 is 0 Å². The predicted octanol–water partition coefficient (Wildman–Crippen LogP) is 2.53. The van der Waals surface area contributed by atoms with Crippen LogP contribution in [0.25, 0.3) is 22.6 Å². The van der Waals surface area contributed by atoms with Gasteiger partial charge in [0.15, 0.2) is 17.3 Å². The maximum Gasteiger partial charge on any atom is 0.410 e. The van der Waals surface area contributed by atoms with Crippen LogP contribution in [0.5, 0.6) is 0 Å². The number of hydrogen-bond donors (Lipinski definition) is 2. The van der Waals surface area contributed by atoms with Crippen LogP contribution in [0.3, 0.4) is 0 Å². The highest BCUT2D eigenvalue weighted by Gasteiger charge is 2.31. The molecule has 2 aliphatic rings. The summed E-state index contributed by atoms with van der Waals surface area (Å²) in [7, 11) is 3.91. The molecule has 3 aromatic heterocycles. The maximum atomic E-state index is 12.9. The number of amides is 2. The molecule has 0 aromatic carbocycles. The lowest BCUT2D eigenvalue weighted by Gasteiger charge is -2.32. The van der Waals surface area contributed by atoms with Crippen LogP contribution in [-0.4, -0.2) is 115 Å². The van der Waals surface area contributed by atoms with Crippen LogP contribution < -0.4 is 5.32 Å². The molecule has 5 rings (SSSR count). The molecule has 40 heavy (non-hydrogen) atoms. The number of H-pyrrole nitrogens is 1. The molecule has 2 N–H and O–H groups in total. The average Bonchev–Trinajstić information content (AvgIpc) is 3.69. The van der Waals surface area contributed by atoms with Gasteiger partial charge in [0.2, 0.25) is 5.91 Å². The number of nitrogens with one attached hydrogen (secondary N) is 2. The number of anilines is 1. The van der Waals surface area contributed by atoms with Crippen molar-refractivity contribution in [2.45, 2.75) is 51.3 Å². The summed E-state index contributed by atoms with van der Waals surface area (Å²) in [4.78, 5) is 44.9. The van der Waals surface area contributed by atoms with Gasteiger partial charge in [-0.2, -0.15) is 5.10 Å². The molecule has 3 aromatic rings. The fourth-order valence-electron chi connectivity index (χ4n) is 5.01. The Kier molecular flexibility index (Phi) is 8.29. The Balaban J connectivity index is 1.16. The van der Waals surface area contributed by atoms with Crippen molar-refractivity contribution < 1.29 is 14.3 Å². The minimum Gasteiger partial charge on any atom is -0.444 e. The summed E-state index contributed by atoms with van der Waals surface area (Å²) in [5.41, 5.74) is 2.29. The number of carbonyl (C=O) groups is 2. The molecular weight excluding hydrogens is 512 g/mol. The first-order valence-corrected chi connectivity index (χ1v) is 13.8. The van der Waals surface area contributed by atoms with E-state index < -0.39 is 0 Å². The van der Waals surface area contributed by atoms with Gasteiger partial charge in [-0.1, -0.05) is 6.08 Å². The van der Waals surface area contributed by atoms with Crippen LogP contribution >= 0.6 is 0 Å². The maximum absolute atomic E-state index is 12.9. The smallest absolute Gasteiger partial charge is 0.410 e. The van der Waals surface area contributed by atoms with E-state index in [1.54, 1.807) is 34.6 Å². The summed E-state index contributed by atoms with van der Waals surface area (Å²) in [5.74, 6) is 1.21. The summed E-state index contributed by atoms with van der Waals surface area (Å²) in [6, 6.07) is 0.320. The van der Waals surface area contributed by atoms with E-state index in [4.69, 9.17) is 14.7 Å². The molecule has 2 fully saturated rings. The van der Waals surface area contributed by atoms with Crippen LogP contribution in [0.4, 0.5) is 10.6 Å². The Morgan fingerprint density at radius 1 is 1.18 bits per heavy atom. The van der Waals surface area contributed by atoms with Crippen molar-refractivity contribution in [1.82, 2.24) is 44.4 Å². The number of carbonyl (C=O) groups excluding carboxylic acids is 2. The van der Waals surface area contributed by atoms with Gasteiger partial charge < -0.3 is 29.3 Å². The molecular formula is C27H38N10O3. The second kappa shape index (κ2) is 12.0. The van der Waals surface area contributed by atoms with Gasteiger partial charge in [0.1, 0.15) is 11.6 Å². The summed E-state index contributed by atoms with van der Waals surface area (Å²) in [6.45, 7) is 7.05. The minimum atomic E-state index is -0.316. The standard InChI is InChI=1S/C27H38N10O3/c1-18(2)37-17-28-23-25(32-24(33-26(23)37)19-14-29-30-15-19)31-20-7-11-35(12-8-20)27(39)40-21-9-13-36(16-21)22(38)6-5-10-34(3)4/h5-6,14-15,17-18,20-21H,7-13,16H2,1-4H3,(H,29,30)(H,31,32,33)/b6-5+/t21-/m1/s1. The lowest BCUT2D eigenvalue weighted by molar-refractivity contribution is -0.125. The van der Waals surface area contributed by atoms with Gasteiger partial charge in [-0.05, 0) is 40.8 Å². The van der Waals surface area contributed by atoms with Gasteiger partial charge in [-0.15, -0.1) is 0 Å². The Hall–Kier alpha value is -4.00. The Morgan fingerprint density at radius 2 is 1.95 bits per heavy atom. The van der Waals surface area contributed by atoms with Crippen molar-refractivity contribution in [2.24, 2.45) is 0 Å². The zero-order chi connectivity index (χ0) is 28.2. The minimum absolute atomic E-state index is 0.0414. The van der Waals surface area contributed by atoms with E-state index in [-0.39, 0.29) is 30.2 Å². The quantitative estimate of drug-likeness (QED) is 0.405. The molecule has 1 atom stereocenters. The predicted molar refractivity (Wildman–Crippen MR) is 151 cm³/mol. The summed E-state index contributed by atoms with van der Waals surface area (Å²) >= 11 is 0. The van der Waals surface area contributed by atoms with Gasteiger partial charge in [-0.25, -0.2) is 19.7 Å². The number of piperidine rings is 1. The molecule has 2 amide bonds. The summed E-state index contributed by atoms with van der Waals surface area (Å²) in [5, 5.41) is 10.4. The van der Waals surface area contributed by atoms with Crippen molar-refractivity contribution in [2.75, 3.05) is 52.1 Å². The fourth-order valence-corrected chi connectivity index (χ4v) is 5.01. The largest absolute Gasteiger partial charge is 0.444 e. The van der Waals surface area contributed by atoms with Gasteiger partial charge >= 0.3 is 6.09 Å². The zero-order valence-electron chi connectivity index (χ0n) is 23.6. The third-order valence-corrected chi connectivity index (χ3v) is 7.28. The van der Waals surface area contributed by atoms with Crippen LogP contribution in [0.1, 0.15) is 39.2 Å². The lowest BCUT2D eigenvalue weighted by Crippen LogP contribution is -2.44. The highest BCUT2D eigenvalue weighted by molar-refractivity contribution is 5.88. The second-order valence-corrected chi connectivity index (χ2v) is 10.9. The topological polar surface area (TPSA) is 137 Å².